The van der Waals surface area contributed by atoms with E-state index in [1.807, 2.05) is 6.92 Å². The van der Waals surface area contributed by atoms with Gasteiger partial charge in [0.15, 0.2) is 0 Å². The van der Waals surface area contributed by atoms with Crippen molar-refractivity contribution in [2.24, 2.45) is 0 Å². The van der Waals surface area contributed by atoms with Crippen molar-refractivity contribution in [2.75, 3.05) is 16.6 Å². The van der Waals surface area contributed by atoms with Crippen LogP contribution in [-0.2, 0) is 16.4 Å². The fraction of sp³-hybridized carbons (Fsp3) is 0.400. The molecule has 21 heavy (non-hydrogen) atoms. The first-order chi connectivity index (χ1) is 9.90. The van der Waals surface area contributed by atoms with Crippen molar-refractivity contribution in [3.05, 3.63) is 42.0 Å². The highest BCUT2D eigenvalue weighted by Gasteiger charge is 2.34. The number of anilines is 1. The summed E-state index contributed by atoms with van der Waals surface area (Å²) in [7, 11) is -3.29. The molecule has 0 aliphatic carbocycles. The van der Waals surface area contributed by atoms with Gasteiger partial charge in [-0.3, -0.25) is 9.10 Å². The van der Waals surface area contributed by atoms with E-state index in [9.17, 15) is 13.2 Å². The fourth-order valence-electron chi connectivity index (χ4n) is 2.57. The number of hydrogen-bond acceptors (Lipinski definition) is 3. The lowest BCUT2D eigenvalue weighted by Gasteiger charge is -2.23. The minimum atomic E-state index is -3.29. The van der Waals surface area contributed by atoms with Crippen LogP contribution in [0.3, 0.4) is 0 Å². The van der Waals surface area contributed by atoms with Gasteiger partial charge < -0.3 is 5.32 Å². The normalized spacial score (nSPS) is 17.4. The predicted octanol–water partition coefficient (Wildman–Crippen LogP) is 1.70. The van der Waals surface area contributed by atoms with Crippen molar-refractivity contribution in [3.63, 3.8) is 0 Å². The number of carbonyl (C=O) groups excluding carboxylic acids is 1. The van der Waals surface area contributed by atoms with Crippen molar-refractivity contribution in [1.82, 2.24) is 5.32 Å². The van der Waals surface area contributed by atoms with Crippen molar-refractivity contribution in [1.29, 1.82) is 0 Å². The Kier molecular flexibility index (Phi) is 4.37. The van der Waals surface area contributed by atoms with Gasteiger partial charge >= 0.3 is 0 Å². The minimum absolute atomic E-state index is 0.0678. The number of hydrogen-bond donors (Lipinski definition) is 1. The van der Waals surface area contributed by atoms with E-state index in [-0.39, 0.29) is 17.7 Å². The van der Waals surface area contributed by atoms with Crippen LogP contribution in [0.5, 0.6) is 0 Å². The Hall–Kier alpha value is -1.82. The van der Waals surface area contributed by atoms with Gasteiger partial charge in [0.05, 0.1) is 11.4 Å². The van der Waals surface area contributed by atoms with Crippen LogP contribution in [0, 0.1) is 0 Å². The molecule has 1 amide bonds. The third-order valence-electron chi connectivity index (χ3n) is 3.57. The third-order valence-corrected chi connectivity index (χ3v) is 5.45. The molecular formula is C15H20N2O3S. The summed E-state index contributed by atoms with van der Waals surface area (Å²) < 4.78 is 25.8. The number of fused-ring (bicyclic) bond motifs is 1. The second-order valence-electron chi connectivity index (χ2n) is 5.09. The summed E-state index contributed by atoms with van der Waals surface area (Å²) in [6, 6.07) is 5.04. The van der Waals surface area contributed by atoms with Gasteiger partial charge in [0.2, 0.25) is 10.0 Å². The van der Waals surface area contributed by atoms with Gasteiger partial charge in [0.1, 0.15) is 0 Å². The monoisotopic (exact) mass is 308 g/mol. The summed E-state index contributed by atoms with van der Waals surface area (Å²) in [5.74, 6) is -0.111. The first kappa shape index (κ1) is 15.6. The molecule has 1 atom stereocenters. The molecule has 0 saturated carbocycles. The van der Waals surface area contributed by atoms with E-state index in [1.54, 1.807) is 31.2 Å². The second-order valence-corrected chi connectivity index (χ2v) is 7.23. The van der Waals surface area contributed by atoms with Gasteiger partial charge in [-0.15, -0.1) is 6.58 Å². The molecule has 1 aromatic rings. The fourth-order valence-corrected chi connectivity index (χ4v) is 3.95. The summed E-state index contributed by atoms with van der Waals surface area (Å²) >= 11 is 0. The second kappa shape index (κ2) is 5.89. The van der Waals surface area contributed by atoms with E-state index in [1.165, 1.54) is 4.31 Å². The maximum absolute atomic E-state index is 12.2. The average molecular weight is 308 g/mol. The number of sulfonamides is 1. The number of nitrogens with zero attached hydrogens (tertiary/aromatic N) is 1. The van der Waals surface area contributed by atoms with Crippen molar-refractivity contribution in [2.45, 2.75) is 26.3 Å². The quantitative estimate of drug-likeness (QED) is 0.842. The number of carbonyl (C=O) groups is 1. The molecule has 1 aromatic carbocycles. The number of rotatable bonds is 5. The summed E-state index contributed by atoms with van der Waals surface area (Å²) in [5.41, 5.74) is 2.12. The predicted molar refractivity (Wildman–Crippen MR) is 84.1 cm³/mol. The molecule has 2 rings (SSSR count). The van der Waals surface area contributed by atoms with E-state index in [0.29, 0.717) is 24.2 Å². The van der Waals surface area contributed by atoms with Crippen LogP contribution >= 0.6 is 0 Å². The Balaban J connectivity index is 2.34. The molecule has 114 valence electrons. The zero-order valence-corrected chi connectivity index (χ0v) is 13.1. The molecular weight excluding hydrogens is 288 g/mol. The van der Waals surface area contributed by atoms with Crippen LogP contribution < -0.4 is 9.62 Å². The molecule has 0 aromatic heterocycles. The highest BCUT2D eigenvalue weighted by molar-refractivity contribution is 7.92. The molecule has 0 unspecified atom stereocenters. The van der Waals surface area contributed by atoms with Crippen LogP contribution in [0.25, 0.3) is 0 Å². The molecule has 1 N–H and O–H groups in total. The van der Waals surface area contributed by atoms with E-state index >= 15 is 0 Å². The maximum Gasteiger partial charge on any atom is 0.251 e. The third kappa shape index (κ3) is 2.95. The molecule has 1 aliphatic rings. The Morgan fingerprint density at radius 2 is 2.24 bits per heavy atom. The molecule has 0 fully saturated rings. The molecule has 0 radical (unpaired) electrons. The van der Waals surface area contributed by atoms with Gasteiger partial charge in [0, 0.05) is 18.2 Å². The summed E-state index contributed by atoms with van der Waals surface area (Å²) in [5, 5.41) is 2.71. The lowest BCUT2D eigenvalue weighted by molar-refractivity contribution is 0.0958. The van der Waals surface area contributed by atoms with E-state index in [2.05, 4.69) is 11.9 Å². The molecule has 0 saturated heterocycles. The van der Waals surface area contributed by atoms with E-state index < -0.39 is 10.0 Å². The molecule has 1 aliphatic heterocycles. The largest absolute Gasteiger partial charge is 0.349 e. The standard InChI is InChI=1S/C15H20N2O3S/c1-4-8-16-15(18)12-6-7-14-13(10-12)9-11(3)17(14)21(19,20)5-2/h4,6-7,10-11H,1,5,8-9H2,2-3H3,(H,16,18)/t11-/m1/s1. The van der Waals surface area contributed by atoms with Crippen LogP contribution in [0.1, 0.15) is 29.8 Å². The Bertz CT molecular complexity index is 667. The molecule has 0 spiro atoms. The van der Waals surface area contributed by atoms with Gasteiger partial charge in [-0.1, -0.05) is 6.08 Å². The first-order valence-electron chi connectivity index (χ1n) is 6.94. The Labute approximate surface area is 125 Å². The Morgan fingerprint density at radius 1 is 1.52 bits per heavy atom. The van der Waals surface area contributed by atoms with Crippen LogP contribution in [0.4, 0.5) is 5.69 Å². The van der Waals surface area contributed by atoms with Crippen LogP contribution in [-0.4, -0.2) is 32.7 Å². The van der Waals surface area contributed by atoms with E-state index in [0.717, 1.165) is 5.56 Å². The lowest BCUT2D eigenvalue weighted by Crippen LogP contribution is -2.36. The van der Waals surface area contributed by atoms with Gasteiger partial charge in [0.25, 0.3) is 5.91 Å². The molecule has 6 heteroatoms. The van der Waals surface area contributed by atoms with Crippen LogP contribution in [0.2, 0.25) is 0 Å². The first-order valence-corrected chi connectivity index (χ1v) is 8.55. The molecule has 0 bridgehead atoms. The number of benzene rings is 1. The number of nitrogens with one attached hydrogen (secondary N) is 1. The van der Waals surface area contributed by atoms with Crippen LogP contribution in [0.15, 0.2) is 30.9 Å². The number of amides is 1. The lowest BCUT2D eigenvalue weighted by atomic mass is 10.1. The SMILES string of the molecule is C=CCNC(=O)c1ccc2c(c1)C[C@@H](C)N2S(=O)(=O)CC. The Morgan fingerprint density at radius 3 is 2.86 bits per heavy atom. The van der Waals surface area contributed by atoms with Gasteiger partial charge in [-0.2, -0.15) is 0 Å². The van der Waals surface area contributed by atoms with Crippen molar-refractivity contribution >= 4 is 21.6 Å². The smallest absolute Gasteiger partial charge is 0.251 e. The van der Waals surface area contributed by atoms with Crippen molar-refractivity contribution in [3.8, 4) is 0 Å². The summed E-state index contributed by atoms with van der Waals surface area (Å²) in [6.07, 6.45) is 2.24. The zero-order valence-electron chi connectivity index (χ0n) is 12.3. The highest BCUT2D eigenvalue weighted by atomic mass is 32.2. The molecule has 1 heterocycles. The minimum Gasteiger partial charge on any atom is -0.349 e. The summed E-state index contributed by atoms with van der Waals surface area (Å²) in [6.45, 7) is 7.47. The topological polar surface area (TPSA) is 66.5 Å². The maximum atomic E-state index is 12.2. The molecule has 5 nitrogen and oxygen atoms in total. The highest BCUT2D eigenvalue weighted by Crippen LogP contribution is 2.35. The van der Waals surface area contributed by atoms with Gasteiger partial charge in [-0.05, 0) is 44.0 Å². The van der Waals surface area contributed by atoms with Crippen molar-refractivity contribution < 1.29 is 13.2 Å². The van der Waals surface area contributed by atoms with Gasteiger partial charge in [-0.25, -0.2) is 8.42 Å². The zero-order chi connectivity index (χ0) is 15.6. The summed E-state index contributed by atoms with van der Waals surface area (Å²) in [4.78, 5) is 11.9. The van der Waals surface area contributed by atoms with E-state index in [4.69, 9.17) is 0 Å². The average Bonchev–Trinajstić information content (AvgIpc) is 2.80.